The first-order chi connectivity index (χ1) is 6.81. The minimum Gasteiger partial charge on any atom is -0.290 e. The lowest BCUT2D eigenvalue weighted by molar-refractivity contribution is -0.111. The van der Waals surface area contributed by atoms with E-state index >= 15 is 0 Å². The lowest BCUT2D eigenvalue weighted by atomic mass is 9.97. The van der Waals surface area contributed by atoms with Crippen LogP contribution in [0.1, 0.15) is 13.8 Å². The molecule has 0 amide bonds. The zero-order chi connectivity index (χ0) is 11.6. The van der Waals surface area contributed by atoms with Crippen molar-refractivity contribution in [3.8, 4) is 0 Å². The highest BCUT2D eigenvalue weighted by Crippen LogP contribution is 2.14. The number of carbonyl (C=O) groups is 1. The molecule has 0 unspecified atom stereocenters. The Morgan fingerprint density at radius 3 is 2.33 bits per heavy atom. The van der Waals surface area contributed by atoms with E-state index in [-0.39, 0.29) is 5.78 Å². The highest BCUT2D eigenvalue weighted by atomic mass is 32.2. The summed E-state index contributed by atoms with van der Waals surface area (Å²) in [7, 11) is -3.61. The summed E-state index contributed by atoms with van der Waals surface area (Å²) in [5.41, 5.74) is 1.50. The average molecular weight is 229 g/mol. The molecular formula is C9H11NO4S. The Labute approximate surface area is 88.2 Å². The van der Waals surface area contributed by atoms with E-state index in [2.05, 4.69) is 9.44 Å². The van der Waals surface area contributed by atoms with Gasteiger partial charge in [-0.2, -0.15) is 8.42 Å². The maximum absolute atomic E-state index is 11.2. The second-order valence-electron chi connectivity index (χ2n) is 3.20. The van der Waals surface area contributed by atoms with Crippen LogP contribution in [0.3, 0.4) is 0 Å². The van der Waals surface area contributed by atoms with Crippen molar-refractivity contribution in [2.45, 2.75) is 13.8 Å². The molecule has 0 aromatic rings. The van der Waals surface area contributed by atoms with Crippen LogP contribution < -0.4 is 0 Å². The van der Waals surface area contributed by atoms with Crippen molar-refractivity contribution in [2.75, 3.05) is 6.26 Å². The van der Waals surface area contributed by atoms with Crippen molar-refractivity contribution in [2.24, 2.45) is 5.16 Å². The van der Waals surface area contributed by atoms with Gasteiger partial charge in [0, 0.05) is 5.57 Å². The van der Waals surface area contributed by atoms with E-state index in [0.717, 1.165) is 6.26 Å². The van der Waals surface area contributed by atoms with E-state index in [9.17, 15) is 13.2 Å². The molecule has 0 aromatic carbocycles. The Morgan fingerprint density at radius 1 is 1.20 bits per heavy atom. The SMILES string of the molecule is CC1=C(C)/C(=N\OS(C)(=O)=O)C=CC1=O. The van der Waals surface area contributed by atoms with E-state index in [1.807, 2.05) is 0 Å². The molecule has 1 rings (SSSR count). The van der Waals surface area contributed by atoms with E-state index in [1.54, 1.807) is 13.8 Å². The summed E-state index contributed by atoms with van der Waals surface area (Å²) in [6.07, 6.45) is 3.66. The molecule has 0 radical (unpaired) electrons. The normalized spacial score (nSPS) is 19.9. The van der Waals surface area contributed by atoms with Gasteiger partial charge in [0.25, 0.3) is 0 Å². The molecule has 0 bridgehead atoms. The first kappa shape index (κ1) is 11.6. The molecule has 0 saturated carbocycles. The number of rotatable bonds is 2. The zero-order valence-corrected chi connectivity index (χ0v) is 9.46. The molecule has 0 N–H and O–H groups in total. The van der Waals surface area contributed by atoms with Crippen LogP contribution in [0.2, 0.25) is 0 Å². The van der Waals surface area contributed by atoms with Gasteiger partial charge < -0.3 is 0 Å². The summed E-state index contributed by atoms with van der Waals surface area (Å²) in [6, 6.07) is 0. The number of oxime groups is 1. The van der Waals surface area contributed by atoms with Gasteiger partial charge in [0.2, 0.25) is 0 Å². The van der Waals surface area contributed by atoms with Gasteiger partial charge in [-0.3, -0.25) is 9.08 Å². The molecule has 1 aliphatic carbocycles. The number of ketones is 1. The molecule has 0 heterocycles. The van der Waals surface area contributed by atoms with Crippen molar-refractivity contribution in [3.63, 3.8) is 0 Å². The summed E-state index contributed by atoms with van der Waals surface area (Å²) < 4.78 is 25.7. The van der Waals surface area contributed by atoms with Gasteiger partial charge in [-0.15, -0.1) is 0 Å². The fourth-order valence-corrected chi connectivity index (χ4v) is 1.20. The van der Waals surface area contributed by atoms with Crippen molar-refractivity contribution in [1.82, 2.24) is 0 Å². The summed E-state index contributed by atoms with van der Waals surface area (Å²) in [5.74, 6) is -0.106. The van der Waals surface area contributed by atoms with Gasteiger partial charge in [-0.1, -0.05) is 5.16 Å². The third-order valence-electron chi connectivity index (χ3n) is 1.98. The lowest BCUT2D eigenvalue weighted by Crippen LogP contribution is -2.12. The Bertz CT molecular complexity index is 482. The van der Waals surface area contributed by atoms with Crippen LogP contribution in [0.4, 0.5) is 0 Å². The second kappa shape index (κ2) is 3.98. The Hall–Kier alpha value is -1.43. The van der Waals surface area contributed by atoms with Gasteiger partial charge in [-0.05, 0) is 31.6 Å². The number of allylic oxidation sites excluding steroid dienone is 4. The lowest BCUT2D eigenvalue weighted by Gasteiger charge is -2.09. The van der Waals surface area contributed by atoms with Crippen molar-refractivity contribution in [1.29, 1.82) is 0 Å². The number of hydrogen-bond donors (Lipinski definition) is 0. The van der Waals surface area contributed by atoms with E-state index in [1.165, 1.54) is 12.2 Å². The van der Waals surface area contributed by atoms with Crippen molar-refractivity contribution >= 4 is 21.6 Å². The molecule has 0 atom stereocenters. The van der Waals surface area contributed by atoms with Crippen LogP contribution in [0.15, 0.2) is 28.5 Å². The smallest absolute Gasteiger partial charge is 0.290 e. The van der Waals surface area contributed by atoms with E-state index in [0.29, 0.717) is 16.9 Å². The number of carbonyl (C=O) groups excluding carboxylic acids is 1. The Morgan fingerprint density at radius 2 is 1.80 bits per heavy atom. The first-order valence-electron chi connectivity index (χ1n) is 4.18. The maximum Gasteiger partial charge on any atom is 0.325 e. The van der Waals surface area contributed by atoms with Crippen LogP contribution in [0.5, 0.6) is 0 Å². The largest absolute Gasteiger partial charge is 0.325 e. The number of hydrogen-bond acceptors (Lipinski definition) is 5. The van der Waals surface area contributed by atoms with Crippen LogP contribution >= 0.6 is 0 Å². The predicted octanol–water partition coefficient (Wildman–Crippen LogP) is 0.794. The Kier molecular flexibility index (Phi) is 3.09. The van der Waals surface area contributed by atoms with Gasteiger partial charge in [0.05, 0.1) is 6.26 Å². The summed E-state index contributed by atoms with van der Waals surface area (Å²) in [5, 5.41) is 3.45. The summed E-state index contributed by atoms with van der Waals surface area (Å²) in [4.78, 5) is 11.2. The third-order valence-corrected chi connectivity index (χ3v) is 2.33. The summed E-state index contributed by atoms with van der Waals surface area (Å²) >= 11 is 0. The molecule has 0 spiro atoms. The molecule has 82 valence electrons. The van der Waals surface area contributed by atoms with E-state index in [4.69, 9.17) is 0 Å². The zero-order valence-electron chi connectivity index (χ0n) is 8.64. The fourth-order valence-electron chi connectivity index (χ4n) is 0.988. The quantitative estimate of drug-likeness (QED) is 0.518. The van der Waals surface area contributed by atoms with Gasteiger partial charge in [0.1, 0.15) is 5.71 Å². The molecular weight excluding hydrogens is 218 g/mol. The predicted molar refractivity (Wildman–Crippen MR) is 55.9 cm³/mol. The van der Waals surface area contributed by atoms with Crippen LogP contribution in [0.25, 0.3) is 0 Å². The minimum absolute atomic E-state index is 0.106. The highest BCUT2D eigenvalue weighted by molar-refractivity contribution is 7.85. The van der Waals surface area contributed by atoms with Gasteiger partial charge in [-0.25, -0.2) is 0 Å². The first-order valence-corrected chi connectivity index (χ1v) is 6.00. The standard InChI is InChI=1S/C9H11NO4S/c1-6-7(2)9(11)5-4-8(6)10-14-15(3,12)13/h4-5H,1-3H3/b10-8-. The molecule has 1 aliphatic rings. The molecule has 6 heteroatoms. The molecule has 5 nitrogen and oxygen atoms in total. The van der Waals surface area contributed by atoms with Crippen LogP contribution in [0, 0.1) is 0 Å². The van der Waals surface area contributed by atoms with Gasteiger partial charge >= 0.3 is 10.1 Å². The van der Waals surface area contributed by atoms with Crippen molar-refractivity contribution in [3.05, 3.63) is 23.3 Å². The monoisotopic (exact) mass is 229 g/mol. The third kappa shape index (κ3) is 3.02. The average Bonchev–Trinajstić information content (AvgIpc) is 2.12. The highest BCUT2D eigenvalue weighted by Gasteiger charge is 2.15. The molecule has 0 aliphatic heterocycles. The minimum atomic E-state index is -3.61. The van der Waals surface area contributed by atoms with E-state index < -0.39 is 10.1 Å². The van der Waals surface area contributed by atoms with Gasteiger partial charge in [0.15, 0.2) is 5.78 Å². The van der Waals surface area contributed by atoms with Crippen LogP contribution in [-0.2, 0) is 19.2 Å². The maximum atomic E-state index is 11.2. The molecule has 0 aromatic heterocycles. The van der Waals surface area contributed by atoms with Crippen molar-refractivity contribution < 1.29 is 17.5 Å². The molecule has 0 saturated heterocycles. The fraction of sp³-hybridized carbons (Fsp3) is 0.333. The topological polar surface area (TPSA) is 72.8 Å². The molecule has 15 heavy (non-hydrogen) atoms. The Balaban J connectivity index is 3.00. The van der Waals surface area contributed by atoms with Crippen LogP contribution in [-0.4, -0.2) is 26.2 Å². The second-order valence-corrected chi connectivity index (χ2v) is 4.76. The molecule has 0 fully saturated rings. The number of nitrogens with zero attached hydrogens (tertiary/aromatic N) is 1. The summed E-state index contributed by atoms with van der Waals surface area (Å²) in [6.45, 7) is 3.33.